The van der Waals surface area contributed by atoms with E-state index in [9.17, 15) is 0 Å². The van der Waals surface area contributed by atoms with Gasteiger partial charge >= 0.3 is 0 Å². The zero-order valence-electron chi connectivity index (χ0n) is 17.5. The molecule has 1 heterocycles. The molecule has 158 valence electrons. The summed E-state index contributed by atoms with van der Waals surface area (Å²) in [7, 11) is 4.77. The van der Waals surface area contributed by atoms with Crippen LogP contribution in [0.25, 0.3) is 11.3 Å². The maximum atomic E-state index is 5.57. The summed E-state index contributed by atoms with van der Waals surface area (Å²) in [6, 6.07) is 12.0. The van der Waals surface area contributed by atoms with E-state index in [0.717, 1.165) is 26.1 Å². The van der Waals surface area contributed by atoms with Gasteiger partial charge in [-0.15, -0.1) is 11.3 Å². The second-order valence-corrected chi connectivity index (χ2v) is 8.37. The number of aromatic nitrogens is 1. The molecule has 3 aromatic rings. The minimum atomic E-state index is 0.151. The van der Waals surface area contributed by atoms with Crippen molar-refractivity contribution in [2.24, 2.45) is 10.1 Å². The summed E-state index contributed by atoms with van der Waals surface area (Å²) in [6.45, 7) is 4.09. The van der Waals surface area contributed by atoms with Gasteiger partial charge in [0, 0.05) is 27.0 Å². The van der Waals surface area contributed by atoms with Gasteiger partial charge in [0.25, 0.3) is 0 Å². The lowest BCUT2D eigenvalue weighted by Crippen LogP contribution is -2.14. The SMILES string of the molecule is COc1ccc(C=Nn2c(-c3ccc(Br)cc3)csc2=NC(C)C)c(OC)c1OC. The van der Waals surface area contributed by atoms with Gasteiger partial charge in [0.05, 0.1) is 33.2 Å². The molecule has 2 aromatic carbocycles. The molecule has 0 bridgehead atoms. The van der Waals surface area contributed by atoms with Crippen molar-refractivity contribution in [1.82, 2.24) is 4.68 Å². The predicted molar refractivity (Wildman–Crippen MR) is 125 cm³/mol. The molecule has 0 aliphatic rings. The van der Waals surface area contributed by atoms with Crippen molar-refractivity contribution in [2.75, 3.05) is 21.3 Å². The number of nitrogens with zero attached hydrogens (tertiary/aromatic N) is 3. The van der Waals surface area contributed by atoms with Gasteiger partial charge in [0.15, 0.2) is 11.5 Å². The second-order valence-electron chi connectivity index (χ2n) is 6.61. The van der Waals surface area contributed by atoms with Crippen LogP contribution in [0.3, 0.4) is 0 Å². The highest BCUT2D eigenvalue weighted by atomic mass is 79.9. The minimum absolute atomic E-state index is 0.151. The fourth-order valence-corrected chi connectivity index (χ4v) is 4.12. The van der Waals surface area contributed by atoms with Crippen molar-refractivity contribution >= 4 is 33.5 Å². The highest BCUT2D eigenvalue weighted by Gasteiger charge is 2.15. The molecule has 1 aromatic heterocycles. The highest BCUT2D eigenvalue weighted by molar-refractivity contribution is 9.10. The first-order valence-electron chi connectivity index (χ1n) is 9.32. The van der Waals surface area contributed by atoms with Gasteiger partial charge in [0.1, 0.15) is 0 Å². The van der Waals surface area contributed by atoms with Gasteiger partial charge in [-0.05, 0) is 38.1 Å². The third kappa shape index (κ3) is 4.76. The van der Waals surface area contributed by atoms with Crippen LogP contribution in [-0.4, -0.2) is 38.3 Å². The largest absolute Gasteiger partial charge is 0.493 e. The van der Waals surface area contributed by atoms with E-state index in [-0.39, 0.29) is 6.04 Å². The van der Waals surface area contributed by atoms with Crippen molar-refractivity contribution < 1.29 is 14.2 Å². The molecule has 0 N–H and O–H groups in total. The van der Waals surface area contributed by atoms with Crippen LogP contribution in [0.1, 0.15) is 19.4 Å². The quantitative estimate of drug-likeness (QED) is 0.428. The predicted octanol–water partition coefficient (Wildman–Crippen LogP) is 5.20. The van der Waals surface area contributed by atoms with E-state index < -0.39 is 0 Å². The Hall–Kier alpha value is -2.58. The lowest BCUT2D eigenvalue weighted by molar-refractivity contribution is 0.324. The van der Waals surface area contributed by atoms with Crippen molar-refractivity contribution in [3.05, 3.63) is 56.6 Å². The summed E-state index contributed by atoms with van der Waals surface area (Å²) in [4.78, 5) is 5.54. The summed E-state index contributed by atoms with van der Waals surface area (Å²) in [5.41, 5.74) is 2.78. The topological polar surface area (TPSA) is 57.3 Å². The molecule has 0 fully saturated rings. The molecular formula is C22H24BrN3O3S. The number of hydrogen-bond acceptors (Lipinski definition) is 6. The van der Waals surface area contributed by atoms with Crippen molar-refractivity contribution in [1.29, 1.82) is 0 Å². The van der Waals surface area contributed by atoms with Gasteiger partial charge in [-0.3, -0.25) is 4.99 Å². The van der Waals surface area contributed by atoms with Gasteiger partial charge < -0.3 is 14.2 Å². The van der Waals surface area contributed by atoms with Crippen molar-refractivity contribution in [2.45, 2.75) is 19.9 Å². The molecule has 0 aliphatic heterocycles. The molecule has 3 rings (SSSR count). The fraction of sp³-hybridized carbons (Fsp3) is 0.273. The first-order chi connectivity index (χ1) is 14.5. The Kier molecular flexibility index (Phi) is 7.33. The molecule has 0 radical (unpaired) electrons. The van der Waals surface area contributed by atoms with Crippen LogP contribution in [0.4, 0.5) is 0 Å². The maximum Gasteiger partial charge on any atom is 0.206 e. The van der Waals surface area contributed by atoms with Crippen LogP contribution < -0.4 is 19.0 Å². The Labute approximate surface area is 188 Å². The van der Waals surface area contributed by atoms with Gasteiger partial charge in [0.2, 0.25) is 10.6 Å². The Morgan fingerprint density at radius 1 is 0.967 bits per heavy atom. The van der Waals surface area contributed by atoms with E-state index in [1.807, 2.05) is 54.9 Å². The molecule has 30 heavy (non-hydrogen) atoms. The molecule has 0 saturated heterocycles. The van der Waals surface area contributed by atoms with E-state index in [1.54, 1.807) is 38.9 Å². The third-order valence-corrected chi connectivity index (χ3v) is 5.60. The molecule has 0 amide bonds. The number of methoxy groups -OCH3 is 3. The first kappa shape index (κ1) is 22.1. The van der Waals surface area contributed by atoms with Gasteiger partial charge in [-0.1, -0.05) is 28.1 Å². The Morgan fingerprint density at radius 2 is 1.67 bits per heavy atom. The third-order valence-electron chi connectivity index (χ3n) is 4.24. The molecule has 0 saturated carbocycles. The molecule has 0 spiro atoms. The van der Waals surface area contributed by atoms with Crippen LogP contribution in [-0.2, 0) is 0 Å². The number of benzene rings is 2. The second kappa shape index (κ2) is 9.95. The zero-order chi connectivity index (χ0) is 21.7. The lowest BCUT2D eigenvalue weighted by Gasteiger charge is -2.13. The number of halogens is 1. The summed E-state index contributed by atoms with van der Waals surface area (Å²) >= 11 is 5.05. The number of rotatable bonds is 7. The lowest BCUT2D eigenvalue weighted by atomic mass is 10.2. The van der Waals surface area contributed by atoms with Crippen LogP contribution in [0.5, 0.6) is 17.2 Å². The molecule has 6 nitrogen and oxygen atoms in total. The summed E-state index contributed by atoms with van der Waals surface area (Å²) < 4.78 is 19.3. The highest BCUT2D eigenvalue weighted by Crippen LogP contribution is 2.39. The molecule has 8 heteroatoms. The van der Waals surface area contributed by atoms with Gasteiger partial charge in [-0.2, -0.15) is 5.10 Å². The van der Waals surface area contributed by atoms with E-state index in [1.165, 1.54) is 0 Å². The monoisotopic (exact) mass is 489 g/mol. The van der Waals surface area contributed by atoms with Gasteiger partial charge in [-0.25, -0.2) is 4.68 Å². The van der Waals surface area contributed by atoms with E-state index in [2.05, 4.69) is 21.3 Å². The zero-order valence-corrected chi connectivity index (χ0v) is 20.0. The minimum Gasteiger partial charge on any atom is -0.493 e. The summed E-state index contributed by atoms with van der Waals surface area (Å²) in [5, 5.41) is 6.81. The fourth-order valence-electron chi connectivity index (χ4n) is 2.89. The Balaban J connectivity index is 2.13. The molecule has 0 atom stereocenters. The average Bonchev–Trinajstić information content (AvgIpc) is 3.13. The molecule has 0 unspecified atom stereocenters. The normalized spacial score (nSPS) is 12.0. The average molecular weight is 490 g/mol. The van der Waals surface area contributed by atoms with Crippen molar-refractivity contribution in [3.8, 4) is 28.5 Å². The smallest absolute Gasteiger partial charge is 0.206 e. The van der Waals surface area contributed by atoms with E-state index >= 15 is 0 Å². The number of thiazole rings is 1. The summed E-state index contributed by atoms with van der Waals surface area (Å²) in [6.07, 6.45) is 1.75. The van der Waals surface area contributed by atoms with Crippen LogP contribution >= 0.6 is 27.3 Å². The standard InChI is InChI=1S/C22H24BrN3O3S/c1-14(2)25-22-26(18(13-30-22)15-6-9-17(23)10-7-15)24-12-16-8-11-19(27-3)21(29-5)20(16)28-4/h6-14H,1-5H3. The van der Waals surface area contributed by atoms with Crippen LogP contribution in [0.15, 0.2) is 56.3 Å². The van der Waals surface area contributed by atoms with E-state index in [0.29, 0.717) is 17.2 Å². The van der Waals surface area contributed by atoms with E-state index in [4.69, 9.17) is 24.3 Å². The van der Waals surface area contributed by atoms with Crippen molar-refractivity contribution in [3.63, 3.8) is 0 Å². The van der Waals surface area contributed by atoms with Crippen LogP contribution in [0.2, 0.25) is 0 Å². The Morgan fingerprint density at radius 3 is 2.27 bits per heavy atom. The maximum absolute atomic E-state index is 5.57. The number of hydrogen-bond donors (Lipinski definition) is 0. The molecular weight excluding hydrogens is 466 g/mol. The van der Waals surface area contributed by atoms with Crippen LogP contribution in [0, 0.1) is 0 Å². The molecule has 0 aliphatic carbocycles. The summed E-state index contributed by atoms with van der Waals surface area (Å²) in [5.74, 6) is 1.68. The number of ether oxygens (including phenoxy) is 3. The Bertz CT molecular complexity index is 1100. The first-order valence-corrected chi connectivity index (χ1v) is 11.0.